The van der Waals surface area contributed by atoms with Crippen molar-refractivity contribution >= 4 is 33.0 Å². The molecule has 0 fully saturated rings. The fraction of sp³-hybridized carbons (Fsp3) is 0.238. The molecule has 1 aliphatic rings. The third-order valence-electron chi connectivity index (χ3n) is 4.69. The molecule has 0 aromatic heterocycles. The molecular formula is C21H18F3NO5S. The Morgan fingerprint density at radius 1 is 1.03 bits per heavy atom. The van der Waals surface area contributed by atoms with Gasteiger partial charge in [-0.15, -0.1) is 0 Å². The van der Waals surface area contributed by atoms with Crippen molar-refractivity contribution in [3.63, 3.8) is 0 Å². The number of carbonyl (C=O) groups is 2. The van der Waals surface area contributed by atoms with Crippen molar-refractivity contribution in [1.29, 1.82) is 0 Å². The zero-order valence-electron chi connectivity index (χ0n) is 16.5. The number of para-hydroxylation sites is 1. The molecule has 3 rings (SSSR count). The number of hydrogen-bond acceptors (Lipinski definition) is 5. The monoisotopic (exact) mass is 453 g/mol. The molecule has 0 radical (unpaired) electrons. The predicted octanol–water partition coefficient (Wildman–Crippen LogP) is 3.68. The highest BCUT2D eigenvalue weighted by Gasteiger charge is 2.57. The van der Waals surface area contributed by atoms with E-state index in [1.807, 2.05) is 0 Å². The number of sulfonamides is 1. The summed E-state index contributed by atoms with van der Waals surface area (Å²) in [5.74, 6) is -2.03. The Labute approximate surface area is 177 Å². The van der Waals surface area contributed by atoms with E-state index in [0.29, 0.717) is 5.56 Å². The number of esters is 1. The quantitative estimate of drug-likeness (QED) is 0.646. The first kappa shape index (κ1) is 22.5. The molecule has 0 bridgehead atoms. The highest BCUT2D eigenvalue weighted by atomic mass is 32.2. The first-order valence-corrected chi connectivity index (χ1v) is 10.6. The molecule has 0 saturated heterocycles. The van der Waals surface area contributed by atoms with E-state index in [2.05, 4.69) is 0 Å². The molecule has 6 nitrogen and oxygen atoms in total. The number of alkyl halides is 3. The van der Waals surface area contributed by atoms with Gasteiger partial charge in [0.05, 0.1) is 12.3 Å². The molecule has 1 heterocycles. The summed E-state index contributed by atoms with van der Waals surface area (Å²) in [4.78, 5) is 25.5. The number of Topliss-reactive ketones (excluding diaryl/α,β-unsaturated/α-hetero) is 1. The van der Waals surface area contributed by atoms with Crippen molar-refractivity contribution in [2.45, 2.75) is 25.4 Å². The lowest BCUT2D eigenvalue weighted by atomic mass is 9.84. The zero-order valence-corrected chi connectivity index (χ0v) is 17.3. The molecule has 164 valence electrons. The summed E-state index contributed by atoms with van der Waals surface area (Å²) in [6.45, 7) is 2.27. The van der Waals surface area contributed by atoms with E-state index in [4.69, 9.17) is 4.74 Å². The Morgan fingerprint density at radius 2 is 1.61 bits per heavy atom. The van der Waals surface area contributed by atoms with Crippen LogP contribution in [0.4, 0.5) is 18.9 Å². The van der Waals surface area contributed by atoms with Gasteiger partial charge in [-0.1, -0.05) is 48.5 Å². The first-order chi connectivity index (χ1) is 14.5. The topological polar surface area (TPSA) is 80.8 Å². The van der Waals surface area contributed by atoms with E-state index >= 15 is 0 Å². The maximum atomic E-state index is 13.6. The van der Waals surface area contributed by atoms with Crippen LogP contribution in [0.15, 0.2) is 60.2 Å². The summed E-state index contributed by atoms with van der Waals surface area (Å²) < 4.78 is 70.8. The summed E-state index contributed by atoms with van der Waals surface area (Å²) in [6, 6.07) is 11.5. The number of ketones is 1. The summed E-state index contributed by atoms with van der Waals surface area (Å²) in [6.07, 6.45) is 0. The number of halogens is 3. The van der Waals surface area contributed by atoms with Crippen molar-refractivity contribution in [2.75, 3.05) is 10.9 Å². The average Bonchev–Trinajstić information content (AvgIpc) is 2.71. The Hall–Kier alpha value is -3.14. The van der Waals surface area contributed by atoms with Gasteiger partial charge in [0.25, 0.3) is 0 Å². The van der Waals surface area contributed by atoms with Gasteiger partial charge in [-0.2, -0.15) is 21.6 Å². The smallest absolute Gasteiger partial charge is 0.464 e. The highest BCUT2D eigenvalue weighted by molar-refractivity contribution is 7.93. The lowest BCUT2D eigenvalue weighted by Crippen LogP contribution is -2.54. The molecule has 31 heavy (non-hydrogen) atoms. The fourth-order valence-corrected chi connectivity index (χ4v) is 4.62. The lowest BCUT2D eigenvalue weighted by Gasteiger charge is -2.38. The molecular weight excluding hydrogens is 435 g/mol. The third-order valence-corrected chi connectivity index (χ3v) is 6.20. The van der Waals surface area contributed by atoms with Gasteiger partial charge in [-0.25, -0.2) is 9.10 Å². The van der Waals surface area contributed by atoms with Gasteiger partial charge in [0.2, 0.25) is 0 Å². The van der Waals surface area contributed by atoms with Crippen molar-refractivity contribution in [2.24, 2.45) is 0 Å². The molecule has 1 aliphatic heterocycles. The van der Waals surface area contributed by atoms with Gasteiger partial charge >= 0.3 is 21.5 Å². The highest BCUT2D eigenvalue weighted by Crippen LogP contribution is 2.45. The molecule has 2 aromatic carbocycles. The Kier molecular flexibility index (Phi) is 5.95. The number of rotatable bonds is 5. The van der Waals surface area contributed by atoms with Crippen LogP contribution < -0.4 is 4.31 Å². The normalized spacial score (nSPS) is 16.7. The Balaban J connectivity index is 2.48. The summed E-state index contributed by atoms with van der Waals surface area (Å²) in [5.41, 5.74) is -5.78. The van der Waals surface area contributed by atoms with Gasteiger partial charge in [0, 0.05) is 16.7 Å². The van der Waals surface area contributed by atoms with Crippen LogP contribution in [0, 0.1) is 0 Å². The number of ether oxygens (including phenoxy) is 1. The van der Waals surface area contributed by atoms with Crippen LogP contribution in [0.25, 0.3) is 5.57 Å². The SMILES string of the molecule is CCOC(=O)[C@@H]1C(C(C)=O)=C(c2ccccc2)c2ccccc2N1S(=O)(=O)C(F)(F)F. The van der Waals surface area contributed by atoms with E-state index in [1.54, 1.807) is 30.3 Å². The van der Waals surface area contributed by atoms with Gasteiger partial charge in [-0.3, -0.25) is 4.79 Å². The van der Waals surface area contributed by atoms with E-state index in [9.17, 15) is 31.2 Å². The number of benzene rings is 2. The van der Waals surface area contributed by atoms with E-state index in [0.717, 1.165) is 13.0 Å². The average molecular weight is 453 g/mol. The molecule has 0 saturated carbocycles. The third kappa shape index (κ3) is 3.83. The van der Waals surface area contributed by atoms with E-state index < -0.39 is 38.9 Å². The van der Waals surface area contributed by atoms with Crippen LogP contribution >= 0.6 is 0 Å². The van der Waals surface area contributed by atoms with Crippen molar-refractivity contribution < 1.29 is 35.9 Å². The van der Waals surface area contributed by atoms with Crippen LogP contribution in [-0.4, -0.2) is 38.3 Å². The molecule has 0 N–H and O–H groups in total. The van der Waals surface area contributed by atoms with Crippen LogP contribution in [-0.2, 0) is 24.3 Å². The summed E-state index contributed by atoms with van der Waals surface area (Å²) >= 11 is 0. The molecule has 10 heteroatoms. The number of nitrogens with zero attached hydrogens (tertiary/aromatic N) is 1. The lowest BCUT2D eigenvalue weighted by molar-refractivity contribution is -0.144. The molecule has 0 amide bonds. The van der Waals surface area contributed by atoms with Crippen LogP contribution in [0.5, 0.6) is 0 Å². The molecule has 0 unspecified atom stereocenters. The van der Waals surface area contributed by atoms with Gasteiger partial charge < -0.3 is 4.74 Å². The largest absolute Gasteiger partial charge is 0.516 e. The van der Waals surface area contributed by atoms with Crippen LogP contribution in [0.1, 0.15) is 25.0 Å². The zero-order chi connectivity index (χ0) is 23.0. The van der Waals surface area contributed by atoms with Gasteiger partial charge in [0.15, 0.2) is 11.8 Å². The Morgan fingerprint density at radius 3 is 2.16 bits per heavy atom. The fourth-order valence-electron chi connectivity index (χ4n) is 3.51. The molecule has 2 aromatic rings. The van der Waals surface area contributed by atoms with E-state index in [1.165, 1.54) is 25.1 Å². The summed E-state index contributed by atoms with van der Waals surface area (Å²) in [7, 11) is -6.05. The predicted molar refractivity (Wildman–Crippen MR) is 107 cm³/mol. The van der Waals surface area contributed by atoms with Crippen LogP contribution in [0.2, 0.25) is 0 Å². The minimum Gasteiger partial charge on any atom is -0.464 e. The first-order valence-electron chi connectivity index (χ1n) is 9.19. The second-order valence-corrected chi connectivity index (χ2v) is 8.44. The molecule has 0 spiro atoms. The minimum atomic E-state index is -6.05. The number of hydrogen-bond donors (Lipinski definition) is 0. The van der Waals surface area contributed by atoms with E-state index in [-0.39, 0.29) is 27.7 Å². The van der Waals surface area contributed by atoms with Gasteiger partial charge in [0.1, 0.15) is 0 Å². The summed E-state index contributed by atoms with van der Waals surface area (Å²) in [5, 5.41) is 0. The second kappa shape index (κ2) is 8.18. The maximum absolute atomic E-state index is 13.6. The molecule has 1 atom stereocenters. The van der Waals surface area contributed by atoms with Crippen molar-refractivity contribution in [3.05, 3.63) is 71.3 Å². The second-order valence-electron chi connectivity index (χ2n) is 6.63. The van der Waals surface area contributed by atoms with Crippen molar-refractivity contribution in [3.8, 4) is 0 Å². The number of anilines is 1. The van der Waals surface area contributed by atoms with Crippen LogP contribution in [0.3, 0.4) is 0 Å². The number of carbonyl (C=O) groups excluding carboxylic acids is 2. The Bertz CT molecular complexity index is 1160. The van der Waals surface area contributed by atoms with Gasteiger partial charge in [-0.05, 0) is 25.5 Å². The maximum Gasteiger partial charge on any atom is 0.516 e. The molecule has 0 aliphatic carbocycles. The standard InChI is InChI=1S/C21H18F3NO5S/c1-3-30-20(27)19-17(13(2)26)18(14-9-5-4-6-10-14)15-11-7-8-12-16(15)25(19)31(28,29)21(22,23)24/h4-12,19H,3H2,1-2H3/t19-/m0/s1. The minimum absolute atomic E-state index is 0.0521. The number of fused-ring (bicyclic) bond motifs is 1. The van der Waals surface area contributed by atoms with Crippen molar-refractivity contribution in [1.82, 2.24) is 0 Å².